The van der Waals surface area contributed by atoms with Crippen molar-refractivity contribution in [2.45, 2.75) is 123 Å². The topological polar surface area (TPSA) is 44.4 Å². The van der Waals surface area contributed by atoms with Crippen LogP contribution in [0.4, 0.5) is 16.2 Å². The van der Waals surface area contributed by atoms with E-state index in [1.54, 1.807) is 0 Å². The van der Waals surface area contributed by atoms with Gasteiger partial charge in [-0.3, -0.25) is 0 Å². The van der Waals surface area contributed by atoms with Crippen molar-refractivity contribution in [3.05, 3.63) is 59.2 Å². The first kappa shape index (κ1) is 31.0. The van der Waals surface area contributed by atoms with E-state index in [0.29, 0.717) is 18.4 Å². The van der Waals surface area contributed by atoms with Crippen LogP contribution in [-0.4, -0.2) is 25.7 Å². The van der Waals surface area contributed by atoms with Gasteiger partial charge >= 0.3 is 6.03 Å². The summed E-state index contributed by atoms with van der Waals surface area (Å²) in [6, 6.07) is 15.7. The SMILES string of the molecule is CCCCN(CCCC)c1ccc(C2(CNC(=O)Nc3c(C(C)CC)cccc3C(C)CC)CCCC2)cc1. The summed E-state index contributed by atoms with van der Waals surface area (Å²) in [7, 11) is 0. The van der Waals surface area contributed by atoms with Crippen molar-refractivity contribution in [2.24, 2.45) is 0 Å². The van der Waals surface area contributed by atoms with Crippen LogP contribution in [0.1, 0.15) is 134 Å². The lowest BCUT2D eigenvalue weighted by molar-refractivity contribution is 0.248. The van der Waals surface area contributed by atoms with Crippen LogP contribution in [-0.2, 0) is 5.41 Å². The Kier molecular flexibility index (Phi) is 12.2. The number of anilines is 2. The van der Waals surface area contributed by atoms with Gasteiger partial charge in [-0.25, -0.2) is 4.79 Å². The molecule has 3 rings (SSSR count). The molecule has 0 saturated heterocycles. The van der Waals surface area contributed by atoms with E-state index in [1.807, 2.05) is 0 Å². The summed E-state index contributed by atoms with van der Waals surface area (Å²) in [5.74, 6) is 0.802. The Morgan fingerprint density at radius 2 is 1.38 bits per heavy atom. The highest BCUT2D eigenvalue weighted by Crippen LogP contribution is 2.41. The first-order valence-corrected chi connectivity index (χ1v) is 15.9. The van der Waals surface area contributed by atoms with E-state index in [9.17, 15) is 4.79 Å². The Hall–Kier alpha value is -2.49. The number of urea groups is 1. The van der Waals surface area contributed by atoms with Crippen molar-refractivity contribution in [3.63, 3.8) is 0 Å². The Bertz CT molecular complexity index is 973. The van der Waals surface area contributed by atoms with Gasteiger partial charge in [0.05, 0.1) is 0 Å². The molecule has 0 aliphatic heterocycles. The maximum absolute atomic E-state index is 13.4. The van der Waals surface area contributed by atoms with Crippen molar-refractivity contribution < 1.29 is 4.79 Å². The molecule has 1 fully saturated rings. The van der Waals surface area contributed by atoms with Crippen molar-refractivity contribution >= 4 is 17.4 Å². The van der Waals surface area contributed by atoms with Gasteiger partial charge in [-0.15, -0.1) is 0 Å². The van der Waals surface area contributed by atoms with Gasteiger partial charge in [0.1, 0.15) is 0 Å². The molecule has 1 aliphatic rings. The number of amides is 2. The minimum atomic E-state index is -0.0801. The molecule has 0 spiro atoms. The lowest BCUT2D eigenvalue weighted by Gasteiger charge is -2.31. The predicted octanol–water partition coefficient (Wildman–Crippen LogP) is 9.75. The predicted molar refractivity (Wildman–Crippen MR) is 169 cm³/mol. The fourth-order valence-corrected chi connectivity index (χ4v) is 6.11. The Labute approximate surface area is 239 Å². The molecule has 0 heterocycles. The fourth-order valence-electron chi connectivity index (χ4n) is 6.11. The molecule has 1 saturated carbocycles. The van der Waals surface area contributed by atoms with Crippen molar-refractivity contribution in [1.82, 2.24) is 5.32 Å². The molecule has 0 radical (unpaired) electrons. The van der Waals surface area contributed by atoms with Gasteiger partial charge in [0.25, 0.3) is 0 Å². The highest BCUT2D eigenvalue weighted by Gasteiger charge is 2.36. The largest absolute Gasteiger partial charge is 0.372 e. The van der Waals surface area contributed by atoms with Crippen LogP contribution in [0.15, 0.2) is 42.5 Å². The highest BCUT2D eigenvalue weighted by molar-refractivity contribution is 5.91. The normalized spacial score (nSPS) is 16.1. The zero-order valence-corrected chi connectivity index (χ0v) is 25.7. The molecule has 2 unspecified atom stereocenters. The number of para-hydroxylation sites is 1. The molecular formula is C35H55N3O. The van der Waals surface area contributed by atoms with Crippen molar-refractivity contribution in [2.75, 3.05) is 29.9 Å². The van der Waals surface area contributed by atoms with Crippen LogP contribution < -0.4 is 15.5 Å². The molecule has 0 bridgehead atoms. The molecule has 4 nitrogen and oxygen atoms in total. The van der Waals surface area contributed by atoms with Gasteiger partial charge in [-0.05, 0) is 79.2 Å². The van der Waals surface area contributed by atoms with Gasteiger partial charge in [0.2, 0.25) is 0 Å². The van der Waals surface area contributed by atoms with Crippen molar-refractivity contribution in [1.29, 1.82) is 0 Å². The van der Waals surface area contributed by atoms with E-state index < -0.39 is 0 Å². The summed E-state index contributed by atoms with van der Waals surface area (Å²) < 4.78 is 0. The summed E-state index contributed by atoms with van der Waals surface area (Å²) in [6.45, 7) is 16.4. The maximum Gasteiger partial charge on any atom is 0.319 e. The standard InChI is InChI=1S/C35H55N3O/c1-7-11-24-38(25-12-8-2)30-20-18-29(19-21-30)35(22-13-14-23-35)26-36-34(39)37-33-31(27(5)9-3)16-15-17-32(33)28(6)10-4/h15-21,27-28H,7-14,22-26H2,1-6H3,(H2,36,37,39). The number of nitrogens with zero attached hydrogens (tertiary/aromatic N) is 1. The Morgan fingerprint density at radius 3 is 1.87 bits per heavy atom. The summed E-state index contributed by atoms with van der Waals surface area (Å²) in [5.41, 5.74) is 6.22. The quantitative estimate of drug-likeness (QED) is 0.239. The number of hydrogen-bond acceptors (Lipinski definition) is 2. The second-order valence-electron chi connectivity index (χ2n) is 12.0. The molecule has 2 atom stereocenters. The molecule has 4 heteroatoms. The van der Waals surface area contributed by atoms with E-state index >= 15 is 0 Å². The minimum Gasteiger partial charge on any atom is -0.372 e. The van der Waals surface area contributed by atoms with E-state index in [-0.39, 0.29) is 11.4 Å². The smallest absolute Gasteiger partial charge is 0.319 e. The van der Waals surface area contributed by atoms with Gasteiger partial charge in [-0.1, -0.05) is 97.6 Å². The summed E-state index contributed by atoms with van der Waals surface area (Å²) in [5, 5.41) is 6.62. The first-order chi connectivity index (χ1) is 18.9. The molecule has 2 aromatic rings. The van der Waals surface area contributed by atoms with Crippen LogP contribution in [0, 0.1) is 0 Å². The maximum atomic E-state index is 13.4. The average molecular weight is 534 g/mol. The molecule has 2 amide bonds. The third-order valence-electron chi connectivity index (χ3n) is 9.21. The van der Waals surface area contributed by atoms with E-state index in [1.165, 1.54) is 60.9 Å². The van der Waals surface area contributed by atoms with Crippen LogP contribution in [0.25, 0.3) is 0 Å². The molecular weight excluding hydrogens is 478 g/mol. The van der Waals surface area contributed by atoms with Gasteiger partial charge < -0.3 is 15.5 Å². The number of rotatable bonds is 15. The lowest BCUT2D eigenvalue weighted by atomic mass is 9.78. The number of unbranched alkanes of at least 4 members (excludes halogenated alkanes) is 2. The van der Waals surface area contributed by atoms with Gasteiger partial charge in [0, 0.05) is 36.4 Å². The van der Waals surface area contributed by atoms with Crippen molar-refractivity contribution in [3.8, 4) is 0 Å². The third kappa shape index (κ3) is 8.02. The number of carbonyl (C=O) groups excluding carboxylic acids is 1. The number of benzene rings is 2. The van der Waals surface area contributed by atoms with E-state index in [4.69, 9.17) is 0 Å². The number of nitrogens with one attached hydrogen (secondary N) is 2. The molecule has 39 heavy (non-hydrogen) atoms. The summed E-state index contributed by atoms with van der Waals surface area (Å²) in [6.07, 6.45) is 11.7. The highest BCUT2D eigenvalue weighted by atomic mass is 16.2. The van der Waals surface area contributed by atoms with E-state index in [0.717, 1.165) is 44.5 Å². The lowest BCUT2D eigenvalue weighted by Crippen LogP contribution is -2.41. The third-order valence-corrected chi connectivity index (χ3v) is 9.21. The fraction of sp³-hybridized carbons (Fsp3) is 0.629. The molecule has 1 aliphatic carbocycles. The van der Waals surface area contributed by atoms with Crippen LogP contribution >= 0.6 is 0 Å². The molecule has 0 aromatic heterocycles. The van der Waals surface area contributed by atoms with Crippen LogP contribution in [0.3, 0.4) is 0 Å². The number of hydrogen-bond donors (Lipinski definition) is 2. The zero-order chi connectivity index (χ0) is 28.3. The molecule has 216 valence electrons. The monoisotopic (exact) mass is 533 g/mol. The van der Waals surface area contributed by atoms with Crippen LogP contribution in [0.5, 0.6) is 0 Å². The number of carbonyl (C=O) groups is 1. The Balaban J connectivity index is 1.76. The molecule has 2 aromatic carbocycles. The average Bonchev–Trinajstić information content (AvgIpc) is 3.46. The van der Waals surface area contributed by atoms with E-state index in [2.05, 4.69) is 99.5 Å². The second-order valence-corrected chi connectivity index (χ2v) is 12.0. The van der Waals surface area contributed by atoms with Crippen LogP contribution in [0.2, 0.25) is 0 Å². The van der Waals surface area contributed by atoms with Gasteiger partial charge in [-0.2, -0.15) is 0 Å². The Morgan fingerprint density at radius 1 is 0.846 bits per heavy atom. The van der Waals surface area contributed by atoms with Gasteiger partial charge in [0.15, 0.2) is 0 Å². The minimum absolute atomic E-state index is 0.0172. The second kappa shape index (κ2) is 15.3. The zero-order valence-electron chi connectivity index (χ0n) is 25.7. The summed E-state index contributed by atoms with van der Waals surface area (Å²) >= 11 is 0. The first-order valence-electron chi connectivity index (χ1n) is 15.9. The molecule has 2 N–H and O–H groups in total. The summed E-state index contributed by atoms with van der Waals surface area (Å²) in [4.78, 5) is 15.9.